The van der Waals surface area contributed by atoms with Crippen LogP contribution in [0.5, 0.6) is 0 Å². The average molecular weight is 163 g/mol. The third kappa shape index (κ3) is 3.44. The molecular weight excluding hydrogens is 148 g/mol. The van der Waals surface area contributed by atoms with Crippen LogP contribution in [0.3, 0.4) is 0 Å². The first-order valence-electron chi connectivity index (χ1n) is 4.28. The highest BCUT2D eigenvalue weighted by molar-refractivity contribution is 5.13. The molecule has 0 radical (unpaired) electrons. The van der Waals surface area contributed by atoms with E-state index in [0.29, 0.717) is 12.5 Å². The second-order valence-electron chi connectivity index (χ2n) is 3.18. The zero-order chi connectivity index (χ0) is 8.81. The minimum absolute atomic E-state index is 0.494. The highest BCUT2D eigenvalue weighted by Crippen LogP contribution is 2.05. The van der Waals surface area contributed by atoms with Crippen LogP contribution >= 0.6 is 0 Å². The molecule has 0 saturated carbocycles. The highest BCUT2D eigenvalue weighted by Gasteiger charge is 2.05. The third-order valence-corrected chi connectivity index (χ3v) is 1.46. The van der Waals surface area contributed by atoms with E-state index in [4.69, 9.17) is 4.74 Å². The Balaban J connectivity index is 2.25. The molecule has 1 rings (SSSR count). The summed E-state index contributed by atoms with van der Waals surface area (Å²) in [7, 11) is 0. The van der Waals surface area contributed by atoms with Crippen LogP contribution in [0.15, 0.2) is 30.3 Å². The van der Waals surface area contributed by atoms with Gasteiger partial charge in [-0.1, -0.05) is 30.3 Å². The van der Waals surface area contributed by atoms with Crippen LogP contribution in [0.25, 0.3) is 0 Å². The number of hydrogen-bond acceptors (Lipinski definition) is 1. The Bertz CT molecular complexity index is 204. The molecule has 1 aromatic carbocycles. The van der Waals surface area contributed by atoms with Crippen molar-refractivity contribution in [2.45, 2.75) is 20.5 Å². The lowest BCUT2D eigenvalue weighted by Crippen LogP contribution is -1.95. The lowest BCUT2D eigenvalue weighted by molar-refractivity contribution is 0.161. The van der Waals surface area contributed by atoms with Crippen molar-refractivity contribution in [2.24, 2.45) is 5.92 Å². The first-order valence-corrected chi connectivity index (χ1v) is 4.28. The molecule has 0 spiro atoms. The quantitative estimate of drug-likeness (QED) is 0.620. The standard InChI is InChI=1S/C11H15O/c1-10(2)8-12-9-11-6-4-3-5-7-11/h3-8,10H,9H2,1-2H3/q+1. The van der Waals surface area contributed by atoms with Gasteiger partial charge in [-0.2, -0.15) is 4.74 Å². The van der Waals surface area contributed by atoms with Gasteiger partial charge in [0.2, 0.25) is 6.61 Å². The molecule has 0 N–H and O–H groups in total. The van der Waals surface area contributed by atoms with Crippen molar-refractivity contribution in [1.29, 1.82) is 0 Å². The van der Waals surface area contributed by atoms with Gasteiger partial charge in [-0.15, -0.1) is 0 Å². The number of benzene rings is 1. The summed E-state index contributed by atoms with van der Waals surface area (Å²) in [5, 5.41) is 0. The Morgan fingerprint density at radius 1 is 1.25 bits per heavy atom. The second-order valence-corrected chi connectivity index (χ2v) is 3.18. The van der Waals surface area contributed by atoms with Crippen molar-refractivity contribution in [3.63, 3.8) is 0 Å². The summed E-state index contributed by atoms with van der Waals surface area (Å²) >= 11 is 0. The SMILES string of the molecule is CC(C)[CH+]OCc1ccccc1. The van der Waals surface area contributed by atoms with Gasteiger partial charge in [-0.25, -0.2) is 0 Å². The summed E-state index contributed by atoms with van der Waals surface area (Å²) in [5.74, 6) is 0.494. The molecule has 0 aliphatic heterocycles. The molecule has 0 aliphatic carbocycles. The van der Waals surface area contributed by atoms with Crippen LogP contribution in [0.1, 0.15) is 19.4 Å². The van der Waals surface area contributed by atoms with Crippen molar-refractivity contribution < 1.29 is 4.74 Å². The largest absolute Gasteiger partial charge is 0.230 e. The molecule has 12 heavy (non-hydrogen) atoms. The number of ether oxygens (including phenoxy) is 1. The smallest absolute Gasteiger partial charge is 0.192 e. The minimum atomic E-state index is 0.494. The topological polar surface area (TPSA) is 9.23 Å². The van der Waals surface area contributed by atoms with E-state index < -0.39 is 0 Å². The fourth-order valence-electron chi connectivity index (χ4n) is 0.911. The first-order chi connectivity index (χ1) is 5.79. The fourth-order valence-corrected chi connectivity index (χ4v) is 0.911. The van der Waals surface area contributed by atoms with Gasteiger partial charge < -0.3 is 0 Å². The van der Waals surface area contributed by atoms with Crippen molar-refractivity contribution in [3.8, 4) is 0 Å². The Hall–Kier alpha value is -0.950. The van der Waals surface area contributed by atoms with Gasteiger partial charge in [-0.05, 0) is 19.4 Å². The Labute approximate surface area is 74.4 Å². The summed E-state index contributed by atoms with van der Waals surface area (Å²) in [5.41, 5.74) is 1.22. The van der Waals surface area contributed by atoms with Gasteiger partial charge in [0.05, 0.1) is 0 Å². The normalized spacial score (nSPS) is 10.2. The highest BCUT2D eigenvalue weighted by atomic mass is 16.5. The first kappa shape index (κ1) is 9.14. The van der Waals surface area contributed by atoms with Crippen molar-refractivity contribution in [2.75, 3.05) is 0 Å². The van der Waals surface area contributed by atoms with Crippen molar-refractivity contribution >= 4 is 0 Å². The zero-order valence-electron chi connectivity index (χ0n) is 7.66. The van der Waals surface area contributed by atoms with Gasteiger partial charge in [0.15, 0.2) is 0 Å². The zero-order valence-corrected chi connectivity index (χ0v) is 7.66. The van der Waals surface area contributed by atoms with E-state index in [-0.39, 0.29) is 0 Å². The molecule has 0 amide bonds. The molecule has 1 heteroatoms. The maximum atomic E-state index is 5.36. The van der Waals surface area contributed by atoms with Crippen molar-refractivity contribution in [1.82, 2.24) is 0 Å². The molecule has 0 bridgehead atoms. The summed E-state index contributed by atoms with van der Waals surface area (Å²) in [4.78, 5) is 0. The van der Waals surface area contributed by atoms with Gasteiger partial charge >= 0.3 is 0 Å². The number of rotatable bonds is 4. The molecular formula is C11H15O+. The van der Waals surface area contributed by atoms with E-state index in [2.05, 4.69) is 26.0 Å². The van der Waals surface area contributed by atoms with Crippen LogP contribution in [0, 0.1) is 12.5 Å². The summed E-state index contributed by atoms with van der Waals surface area (Å²) in [6.07, 6.45) is 0. The molecule has 0 fully saturated rings. The molecule has 1 nitrogen and oxygen atoms in total. The molecule has 0 atom stereocenters. The van der Waals surface area contributed by atoms with E-state index in [9.17, 15) is 0 Å². The van der Waals surface area contributed by atoms with E-state index in [0.717, 1.165) is 0 Å². The molecule has 0 aliphatic rings. The molecule has 0 saturated heterocycles. The van der Waals surface area contributed by atoms with Crippen molar-refractivity contribution in [3.05, 3.63) is 42.5 Å². The Kier molecular flexibility index (Phi) is 3.68. The predicted octanol–water partition coefficient (Wildman–Crippen LogP) is 3.02. The summed E-state index contributed by atoms with van der Waals surface area (Å²) in [6.45, 7) is 6.75. The molecule has 1 aromatic rings. The van der Waals surface area contributed by atoms with Crippen LogP contribution in [0.4, 0.5) is 0 Å². The van der Waals surface area contributed by atoms with Crippen LogP contribution in [-0.4, -0.2) is 0 Å². The lowest BCUT2D eigenvalue weighted by atomic mass is 10.2. The van der Waals surface area contributed by atoms with Gasteiger partial charge in [0.1, 0.15) is 12.5 Å². The van der Waals surface area contributed by atoms with E-state index in [1.807, 2.05) is 24.8 Å². The lowest BCUT2D eigenvalue weighted by Gasteiger charge is -1.96. The van der Waals surface area contributed by atoms with Gasteiger partial charge in [0.25, 0.3) is 0 Å². The summed E-state index contributed by atoms with van der Waals surface area (Å²) < 4.78 is 5.36. The second kappa shape index (κ2) is 4.83. The third-order valence-electron chi connectivity index (χ3n) is 1.46. The maximum Gasteiger partial charge on any atom is 0.230 e. The fraction of sp³-hybridized carbons (Fsp3) is 0.364. The minimum Gasteiger partial charge on any atom is -0.192 e. The number of hydrogen-bond donors (Lipinski definition) is 0. The van der Waals surface area contributed by atoms with E-state index in [1.54, 1.807) is 0 Å². The molecule has 0 aromatic heterocycles. The molecule has 0 heterocycles. The van der Waals surface area contributed by atoms with Gasteiger partial charge in [-0.3, -0.25) is 0 Å². The summed E-state index contributed by atoms with van der Waals surface area (Å²) in [6, 6.07) is 10.2. The monoisotopic (exact) mass is 163 g/mol. The van der Waals surface area contributed by atoms with E-state index in [1.165, 1.54) is 5.56 Å². The van der Waals surface area contributed by atoms with Gasteiger partial charge in [0, 0.05) is 0 Å². The van der Waals surface area contributed by atoms with Crippen LogP contribution < -0.4 is 0 Å². The van der Waals surface area contributed by atoms with E-state index >= 15 is 0 Å². The molecule has 64 valence electrons. The Morgan fingerprint density at radius 2 is 1.92 bits per heavy atom. The van der Waals surface area contributed by atoms with Crippen LogP contribution in [0.2, 0.25) is 0 Å². The maximum absolute atomic E-state index is 5.36. The Morgan fingerprint density at radius 3 is 2.50 bits per heavy atom. The van der Waals surface area contributed by atoms with Crippen LogP contribution in [-0.2, 0) is 11.3 Å². The predicted molar refractivity (Wildman–Crippen MR) is 50.4 cm³/mol. The molecule has 0 unspecified atom stereocenters. The average Bonchev–Trinajstić information content (AvgIpc) is 2.05.